The smallest absolute Gasteiger partial charge is 0.213 e. The number of sulfonamides is 1. The van der Waals surface area contributed by atoms with Gasteiger partial charge in [0.05, 0.1) is 5.75 Å². The molecule has 0 aromatic rings. The van der Waals surface area contributed by atoms with Crippen molar-refractivity contribution in [3.05, 3.63) is 0 Å². The van der Waals surface area contributed by atoms with Crippen molar-refractivity contribution >= 4 is 10.0 Å². The molecule has 0 bridgehead atoms. The fourth-order valence-electron chi connectivity index (χ4n) is 3.17. The topological polar surface area (TPSA) is 58.2 Å². The van der Waals surface area contributed by atoms with Gasteiger partial charge in [-0.2, -0.15) is 0 Å². The van der Waals surface area contributed by atoms with Crippen LogP contribution in [0.4, 0.5) is 0 Å². The van der Waals surface area contributed by atoms with E-state index in [1.807, 2.05) is 0 Å². The molecule has 0 aromatic heterocycles. The fraction of sp³-hybridized carbons (Fsp3) is 1.00. The molecule has 1 atom stereocenters. The third-order valence-corrected chi connectivity index (χ3v) is 6.01. The molecular formula is C14H28N2O2S. The van der Waals surface area contributed by atoms with Crippen molar-refractivity contribution in [2.75, 3.05) is 18.8 Å². The van der Waals surface area contributed by atoms with Crippen molar-refractivity contribution in [3.63, 3.8) is 0 Å². The standard InChI is InChI=1S/C14H28N2O2S/c1-12-5-7-13(8-6-12)10-16-19(17,18)11-14-4-2-3-9-15-14/h12-16H,2-11H2,1H3. The molecule has 2 fully saturated rings. The zero-order chi connectivity index (χ0) is 13.7. The average molecular weight is 288 g/mol. The first kappa shape index (κ1) is 15.3. The number of hydrogen-bond acceptors (Lipinski definition) is 3. The van der Waals surface area contributed by atoms with Crippen LogP contribution in [0.3, 0.4) is 0 Å². The van der Waals surface area contributed by atoms with E-state index >= 15 is 0 Å². The Hall–Kier alpha value is -0.130. The van der Waals surface area contributed by atoms with Crippen molar-refractivity contribution in [2.24, 2.45) is 11.8 Å². The fourth-order valence-corrected chi connectivity index (χ4v) is 4.59. The molecule has 1 saturated heterocycles. The zero-order valence-corrected chi connectivity index (χ0v) is 12.8. The van der Waals surface area contributed by atoms with Gasteiger partial charge in [0.15, 0.2) is 0 Å². The summed E-state index contributed by atoms with van der Waals surface area (Å²) in [6, 6.07) is 0.151. The maximum Gasteiger partial charge on any atom is 0.213 e. The first-order chi connectivity index (χ1) is 9.05. The van der Waals surface area contributed by atoms with E-state index in [-0.39, 0.29) is 11.8 Å². The van der Waals surface area contributed by atoms with Crippen LogP contribution in [-0.2, 0) is 10.0 Å². The van der Waals surface area contributed by atoms with Crippen molar-refractivity contribution in [3.8, 4) is 0 Å². The number of nitrogens with one attached hydrogen (secondary N) is 2. The quantitative estimate of drug-likeness (QED) is 0.812. The van der Waals surface area contributed by atoms with Gasteiger partial charge in [0.1, 0.15) is 0 Å². The summed E-state index contributed by atoms with van der Waals surface area (Å²) in [7, 11) is -3.11. The summed E-state index contributed by atoms with van der Waals surface area (Å²) in [5, 5.41) is 3.30. The van der Waals surface area contributed by atoms with Crippen molar-refractivity contribution in [1.82, 2.24) is 10.0 Å². The third-order valence-electron chi connectivity index (χ3n) is 4.56. The van der Waals surface area contributed by atoms with E-state index in [9.17, 15) is 8.42 Å². The van der Waals surface area contributed by atoms with Gasteiger partial charge in [-0.25, -0.2) is 13.1 Å². The summed E-state index contributed by atoms with van der Waals surface area (Å²) in [6.45, 7) is 3.89. The largest absolute Gasteiger partial charge is 0.313 e. The Bertz CT molecular complexity index is 356. The van der Waals surface area contributed by atoms with E-state index in [2.05, 4.69) is 17.0 Å². The van der Waals surface area contributed by atoms with Crippen LogP contribution in [-0.4, -0.2) is 33.3 Å². The molecule has 2 N–H and O–H groups in total. The summed E-state index contributed by atoms with van der Waals surface area (Å²) in [5.74, 6) is 1.61. The summed E-state index contributed by atoms with van der Waals surface area (Å²) < 4.78 is 26.9. The first-order valence-corrected chi connectivity index (χ1v) is 9.41. The normalized spacial score (nSPS) is 33.2. The van der Waals surface area contributed by atoms with Gasteiger partial charge >= 0.3 is 0 Å². The maximum absolute atomic E-state index is 12.1. The summed E-state index contributed by atoms with van der Waals surface area (Å²) in [5.41, 5.74) is 0. The molecule has 0 spiro atoms. The van der Waals surface area contributed by atoms with E-state index in [1.165, 1.54) is 32.1 Å². The number of piperidine rings is 1. The minimum absolute atomic E-state index is 0.151. The highest BCUT2D eigenvalue weighted by atomic mass is 32.2. The predicted octanol–water partition coefficient (Wildman–Crippen LogP) is 1.87. The van der Waals surface area contributed by atoms with Gasteiger partial charge in [0, 0.05) is 12.6 Å². The molecule has 1 aliphatic carbocycles. The van der Waals surface area contributed by atoms with Gasteiger partial charge in [0.2, 0.25) is 10.0 Å². The van der Waals surface area contributed by atoms with Crippen LogP contribution in [0.5, 0.6) is 0 Å². The van der Waals surface area contributed by atoms with Gasteiger partial charge < -0.3 is 5.32 Å². The molecule has 1 saturated carbocycles. The molecule has 2 aliphatic rings. The second kappa shape index (κ2) is 7.04. The molecule has 1 heterocycles. The molecule has 2 rings (SSSR count). The molecule has 1 aliphatic heterocycles. The first-order valence-electron chi connectivity index (χ1n) is 7.76. The number of hydrogen-bond donors (Lipinski definition) is 2. The van der Waals surface area contributed by atoms with Crippen LogP contribution in [0.1, 0.15) is 51.9 Å². The monoisotopic (exact) mass is 288 g/mol. The second-order valence-corrected chi connectivity index (χ2v) is 8.25. The van der Waals surface area contributed by atoms with Crippen LogP contribution in [0.25, 0.3) is 0 Å². The minimum Gasteiger partial charge on any atom is -0.313 e. The number of rotatable bonds is 5. The lowest BCUT2D eigenvalue weighted by molar-refractivity contribution is 0.290. The van der Waals surface area contributed by atoms with E-state index in [0.29, 0.717) is 12.5 Å². The van der Waals surface area contributed by atoms with Gasteiger partial charge in [-0.05, 0) is 44.1 Å². The van der Waals surface area contributed by atoms with E-state index in [1.54, 1.807) is 0 Å². The average Bonchev–Trinajstić information content (AvgIpc) is 2.39. The molecule has 1 unspecified atom stereocenters. The minimum atomic E-state index is -3.11. The maximum atomic E-state index is 12.1. The van der Waals surface area contributed by atoms with Crippen molar-refractivity contribution < 1.29 is 8.42 Å². The van der Waals surface area contributed by atoms with Crippen molar-refractivity contribution in [2.45, 2.75) is 57.9 Å². The third kappa shape index (κ3) is 5.40. The molecule has 19 heavy (non-hydrogen) atoms. The van der Waals surface area contributed by atoms with Crippen LogP contribution in [0, 0.1) is 11.8 Å². The molecule has 0 amide bonds. The highest BCUT2D eigenvalue weighted by Gasteiger charge is 2.23. The predicted molar refractivity (Wildman–Crippen MR) is 78.6 cm³/mol. The van der Waals surface area contributed by atoms with Gasteiger partial charge in [-0.1, -0.05) is 26.2 Å². The Labute approximate surface area is 117 Å². The highest BCUT2D eigenvalue weighted by molar-refractivity contribution is 7.89. The molecule has 4 nitrogen and oxygen atoms in total. The molecule has 0 aromatic carbocycles. The molecule has 0 radical (unpaired) electrons. The SMILES string of the molecule is CC1CCC(CNS(=O)(=O)CC2CCCCN2)CC1. The Morgan fingerprint density at radius 2 is 1.84 bits per heavy atom. The Morgan fingerprint density at radius 3 is 2.47 bits per heavy atom. The lowest BCUT2D eigenvalue weighted by Crippen LogP contribution is -2.43. The Morgan fingerprint density at radius 1 is 1.11 bits per heavy atom. The second-order valence-electron chi connectivity index (χ2n) is 6.40. The lowest BCUT2D eigenvalue weighted by atomic mass is 9.83. The Kier molecular flexibility index (Phi) is 5.66. The van der Waals surface area contributed by atoms with Crippen LogP contribution in [0.15, 0.2) is 0 Å². The van der Waals surface area contributed by atoms with E-state index < -0.39 is 10.0 Å². The Balaban J connectivity index is 1.71. The summed E-state index contributed by atoms with van der Waals surface area (Å²) >= 11 is 0. The van der Waals surface area contributed by atoms with Gasteiger partial charge in [0.25, 0.3) is 0 Å². The van der Waals surface area contributed by atoms with Crippen LogP contribution in [0.2, 0.25) is 0 Å². The highest BCUT2D eigenvalue weighted by Crippen LogP contribution is 2.27. The molecule has 5 heteroatoms. The van der Waals surface area contributed by atoms with Crippen LogP contribution < -0.4 is 10.0 Å². The van der Waals surface area contributed by atoms with E-state index in [4.69, 9.17) is 0 Å². The molecular weight excluding hydrogens is 260 g/mol. The summed E-state index contributed by atoms with van der Waals surface area (Å²) in [4.78, 5) is 0. The lowest BCUT2D eigenvalue weighted by Gasteiger charge is -2.27. The van der Waals surface area contributed by atoms with Gasteiger partial charge in [-0.15, -0.1) is 0 Å². The molecule has 112 valence electrons. The summed E-state index contributed by atoms with van der Waals surface area (Å²) in [6.07, 6.45) is 8.14. The van der Waals surface area contributed by atoms with Crippen molar-refractivity contribution in [1.29, 1.82) is 0 Å². The van der Waals surface area contributed by atoms with Crippen LogP contribution >= 0.6 is 0 Å². The van der Waals surface area contributed by atoms with Gasteiger partial charge in [-0.3, -0.25) is 0 Å². The zero-order valence-electron chi connectivity index (χ0n) is 12.0. The van der Waals surface area contributed by atoms with E-state index in [0.717, 1.165) is 25.3 Å².